The van der Waals surface area contributed by atoms with Gasteiger partial charge in [-0.3, -0.25) is 9.89 Å². The van der Waals surface area contributed by atoms with E-state index in [1.165, 1.54) is 6.33 Å². The number of aromatic nitrogens is 3. The van der Waals surface area contributed by atoms with Crippen molar-refractivity contribution in [3.05, 3.63) is 30.6 Å². The van der Waals surface area contributed by atoms with Crippen molar-refractivity contribution in [3.63, 3.8) is 0 Å². The van der Waals surface area contributed by atoms with Gasteiger partial charge in [0.05, 0.1) is 0 Å². The van der Waals surface area contributed by atoms with Crippen LogP contribution in [0.15, 0.2) is 30.6 Å². The van der Waals surface area contributed by atoms with Crippen LogP contribution in [0, 0.1) is 11.8 Å². The molecule has 1 saturated heterocycles. The smallest absolute Gasteiger partial charge is 0.227 e. The van der Waals surface area contributed by atoms with Crippen molar-refractivity contribution >= 4 is 24.0 Å². The molecule has 7 heteroatoms. The van der Waals surface area contributed by atoms with Crippen molar-refractivity contribution in [1.29, 1.82) is 0 Å². The second kappa shape index (κ2) is 6.69. The summed E-state index contributed by atoms with van der Waals surface area (Å²) in [7, 11) is 0. The third kappa shape index (κ3) is 3.40. The minimum atomic E-state index is 0. The molecular formula is C14H18ClN5O. The summed E-state index contributed by atoms with van der Waals surface area (Å²) < 4.78 is 0. The summed E-state index contributed by atoms with van der Waals surface area (Å²) >= 11 is 0. The Balaban J connectivity index is 0.00000161. The standard InChI is InChI=1S/C14H17N5O.ClH/c1-9(11-6-15-7-11)14(20)18-12-4-2-10(3-5-12)13-16-8-17-19-13;/h2-5,8-9,11,15H,6-7H2,1H3,(H,18,20)(H,16,17,19);1H. The third-order valence-corrected chi connectivity index (χ3v) is 3.77. The first kappa shape index (κ1) is 15.5. The molecule has 1 atom stereocenters. The molecule has 1 aromatic carbocycles. The second-order valence-electron chi connectivity index (χ2n) is 5.11. The number of halogens is 1. The summed E-state index contributed by atoms with van der Waals surface area (Å²) in [4.78, 5) is 16.2. The molecule has 1 aliphatic heterocycles. The topological polar surface area (TPSA) is 82.7 Å². The fourth-order valence-electron chi connectivity index (χ4n) is 2.19. The van der Waals surface area contributed by atoms with Crippen LogP contribution in [0.25, 0.3) is 11.4 Å². The Morgan fingerprint density at radius 1 is 1.33 bits per heavy atom. The summed E-state index contributed by atoms with van der Waals surface area (Å²) in [6.45, 7) is 3.84. The molecule has 2 aromatic rings. The normalized spacial score (nSPS) is 15.7. The first-order valence-electron chi connectivity index (χ1n) is 6.71. The molecule has 0 radical (unpaired) electrons. The highest BCUT2D eigenvalue weighted by atomic mass is 35.5. The predicted octanol–water partition coefficient (Wildman–Crippen LogP) is 1.69. The molecule has 0 saturated carbocycles. The largest absolute Gasteiger partial charge is 0.326 e. The molecule has 3 rings (SSSR count). The van der Waals surface area contributed by atoms with E-state index in [9.17, 15) is 4.79 Å². The second-order valence-corrected chi connectivity index (χ2v) is 5.11. The number of hydrogen-bond acceptors (Lipinski definition) is 4. The van der Waals surface area contributed by atoms with E-state index in [0.29, 0.717) is 5.92 Å². The summed E-state index contributed by atoms with van der Waals surface area (Å²) in [5, 5.41) is 12.8. The van der Waals surface area contributed by atoms with Crippen LogP contribution in [0.2, 0.25) is 0 Å². The van der Waals surface area contributed by atoms with Crippen LogP contribution < -0.4 is 10.6 Å². The SMILES string of the molecule is CC(C(=O)Nc1ccc(-c2ncn[nH]2)cc1)C1CNC1.Cl. The minimum absolute atomic E-state index is 0. The highest BCUT2D eigenvalue weighted by molar-refractivity contribution is 5.92. The van der Waals surface area contributed by atoms with Crippen molar-refractivity contribution in [3.8, 4) is 11.4 Å². The maximum Gasteiger partial charge on any atom is 0.227 e. The molecule has 1 unspecified atom stereocenters. The fraction of sp³-hybridized carbons (Fsp3) is 0.357. The number of rotatable bonds is 4. The zero-order chi connectivity index (χ0) is 13.9. The lowest BCUT2D eigenvalue weighted by Gasteiger charge is -2.31. The molecule has 6 nitrogen and oxygen atoms in total. The Morgan fingerprint density at radius 3 is 2.57 bits per heavy atom. The molecule has 0 spiro atoms. The van der Waals surface area contributed by atoms with Gasteiger partial charge in [0.25, 0.3) is 0 Å². The number of carbonyl (C=O) groups excluding carboxylic acids is 1. The lowest BCUT2D eigenvalue weighted by atomic mass is 9.88. The number of nitrogens with zero attached hydrogens (tertiary/aromatic N) is 2. The van der Waals surface area contributed by atoms with E-state index < -0.39 is 0 Å². The van der Waals surface area contributed by atoms with E-state index >= 15 is 0 Å². The van der Waals surface area contributed by atoms with E-state index in [1.807, 2.05) is 31.2 Å². The Labute approximate surface area is 129 Å². The molecule has 21 heavy (non-hydrogen) atoms. The molecule has 0 bridgehead atoms. The monoisotopic (exact) mass is 307 g/mol. The van der Waals surface area contributed by atoms with Crippen LogP contribution >= 0.6 is 12.4 Å². The van der Waals surface area contributed by atoms with Crippen LogP contribution in [0.1, 0.15) is 6.92 Å². The average Bonchev–Trinajstić information content (AvgIpc) is 2.91. The van der Waals surface area contributed by atoms with E-state index in [2.05, 4.69) is 25.8 Å². The number of anilines is 1. The summed E-state index contributed by atoms with van der Waals surface area (Å²) in [6, 6.07) is 7.57. The van der Waals surface area contributed by atoms with Crippen molar-refractivity contribution < 1.29 is 4.79 Å². The predicted molar refractivity (Wildman–Crippen MR) is 83.2 cm³/mol. The van der Waals surface area contributed by atoms with Gasteiger partial charge in [-0.15, -0.1) is 12.4 Å². The molecule has 1 aromatic heterocycles. The zero-order valence-corrected chi connectivity index (χ0v) is 12.5. The van der Waals surface area contributed by atoms with Crippen molar-refractivity contribution in [2.75, 3.05) is 18.4 Å². The molecule has 2 heterocycles. The Morgan fingerprint density at radius 2 is 2.05 bits per heavy atom. The average molecular weight is 308 g/mol. The minimum Gasteiger partial charge on any atom is -0.326 e. The van der Waals surface area contributed by atoms with Gasteiger partial charge in [0.1, 0.15) is 6.33 Å². The van der Waals surface area contributed by atoms with E-state index in [1.54, 1.807) is 0 Å². The fourth-order valence-corrected chi connectivity index (χ4v) is 2.19. The molecule has 1 amide bonds. The number of nitrogens with one attached hydrogen (secondary N) is 3. The van der Waals surface area contributed by atoms with Gasteiger partial charge in [0, 0.05) is 17.2 Å². The Kier molecular flexibility index (Phi) is 4.93. The van der Waals surface area contributed by atoms with Crippen LogP contribution in [-0.2, 0) is 4.79 Å². The van der Waals surface area contributed by atoms with Gasteiger partial charge in [-0.05, 0) is 43.3 Å². The van der Waals surface area contributed by atoms with Crippen LogP contribution in [0.3, 0.4) is 0 Å². The van der Waals surface area contributed by atoms with Gasteiger partial charge in [0.2, 0.25) is 5.91 Å². The quantitative estimate of drug-likeness (QED) is 0.802. The maximum absolute atomic E-state index is 12.1. The van der Waals surface area contributed by atoms with Gasteiger partial charge in [0.15, 0.2) is 5.82 Å². The van der Waals surface area contributed by atoms with Crippen LogP contribution in [0.5, 0.6) is 0 Å². The Bertz CT molecular complexity index is 580. The summed E-state index contributed by atoms with van der Waals surface area (Å²) in [6.07, 6.45) is 1.47. The van der Waals surface area contributed by atoms with Crippen molar-refractivity contribution in [1.82, 2.24) is 20.5 Å². The molecule has 1 fully saturated rings. The number of hydrogen-bond donors (Lipinski definition) is 3. The van der Waals surface area contributed by atoms with E-state index in [-0.39, 0.29) is 24.2 Å². The number of aromatic amines is 1. The first-order chi connectivity index (χ1) is 9.74. The van der Waals surface area contributed by atoms with Gasteiger partial charge in [-0.2, -0.15) is 5.10 Å². The highest BCUT2D eigenvalue weighted by Gasteiger charge is 2.28. The number of H-pyrrole nitrogens is 1. The van der Waals surface area contributed by atoms with Crippen molar-refractivity contribution in [2.45, 2.75) is 6.92 Å². The van der Waals surface area contributed by atoms with E-state index in [0.717, 1.165) is 30.2 Å². The number of benzene rings is 1. The highest BCUT2D eigenvalue weighted by Crippen LogP contribution is 2.20. The first-order valence-corrected chi connectivity index (χ1v) is 6.71. The molecule has 0 aliphatic carbocycles. The molecule has 1 aliphatic rings. The Hall–Kier alpha value is -1.92. The lowest BCUT2D eigenvalue weighted by molar-refractivity contribution is -0.121. The van der Waals surface area contributed by atoms with Gasteiger partial charge < -0.3 is 10.6 Å². The lowest BCUT2D eigenvalue weighted by Crippen LogP contribution is -2.48. The maximum atomic E-state index is 12.1. The van der Waals surface area contributed by atoms with Gasteiger partial charge in [-0.1, -0.05) is 6.92 Å². The van der Waals surface area contributed by atoms with Crippen LogP contribution in [-0.4, -0.2) is 34.2 Å². The molecule has 112 valence electrons. The van der Waals surface area contributed by atoms with Crippen molar-refractivity contribution in [2.24, 2.45) is 11.8 Å². The van der Waals surface area contributed by atoms with Gasteiger partial charge in [-0.25, -0.2) is 4.98 Å². The summed E-state index contributed by atoms with van der Waals surface area (Å²) in [5.41, 5.74) is 1.74. The van der Waals surface area contributed by atoms with Crippen LogP contribution in [0.4, 0.5) is 5.69 Å². The van der Waals surface area contributed by atoms with E-state index in [4.69, 9.17) is 0 Å². The van der Waals surface area contributed by atoms with Gasteiger partial charge >= 0.3 is 0 Å². The molecular weight excluding hydrogens is 290 g/mol. The third-order valence-electron chi connectivity index (χ3n) is 3.77. The number of carbonyl (C=O) groups is 1. The summed E-state index contributed by atoms with van der Waals surface area (Å²) in [5.74, 6) is 1.27. The zero-order valence-electron chi connectivity index (χ0n) is 11.7. The number of amides is 1. The molecule has 3 N–H and O–H groups in total.